The molecule has 92 valence electrons. The summed E-state index contributed by atoms with van der Waals surface area (Å²) in [5.74, 6) is 0. The zero-order chi connectivity index (χ0) is 12.7. The molecule has 0 bridgehead atoms. The van der Waals surface area contributed by atoms with Crippen LogP contribution in [-0.2, 0) is 4.74 Å². The lowest BCUT2D eigenvalue weighted by molar-refractivity contribution is -0.0901. The molecule has 1 rings (SSSR count). The molecule has 17 heavy (non-hydrogen) atoms. The number of hydrogen-bond acceptors (Lipinski definition) is 1. The van der Waals surface area contributed by atoms with Crippen LogP contribution < -0.4 is 0 Å². The Labute approximate surface area is 98.2 Å². The van der Waals surface area contributed by atoms with Crippen LogP contribution in [0.15, 0.2) is 48.2 Å². The van der Waals surface area contributed by atoms with Gasteiger partial charge in [-0.05, 0) is 18.6 Å². The summed E-state index contributed by atoms with van der Waals surface area (Å²) in [7, 11) is 0. The summed E-state index contributed by atoms with van der Waals surface area (Å²) in [6, 6.07) is 8.78. The minimum atomic E-state index is -4.40. The van der Waals surface area contributed by atoms with Crippen LogP contribution in [-0.4, -0.2) is 12.8 Å². The van der Waals surface area contributed by atoms with E-state index in [1.807, 2.05) is 0 Å². The highest BCUT2D eigenvalue weighted by atomic mass is 19.4. The van der Waals surface area contributed by atoms with Gasteiger partial charge in [-0.3, -0.25) is 0 Å². The third-order valence-corrected chi connectivity index (χ3v) is 1.96. The number of benzene rings is 1. The van der Waals surface area contributed by atoms with E-state index in [0.29, 0.717) is 5.56 Å². The molecule has 0 saturated carbocycles. The van der Waals surface area contributed by atoms with Gasteiger partial charge in [-0.1, -0.05) is 36.4 Å². The molecule has 1 aromatic carbocycles. The van der Waals surface area contributed by atoms with Crippen LogP contribution in [0.5, 0.6) is 0 Å². The van der Waals surface area contributed by atoms with Crippen molar-refractivity contribution in [1.82, 2.24) is 0 Å². The van der Waals surface area contributed by atoms with Crippen LogP contribution in [0.4, 0.5) is 13.2 Å². The molecule has 0 aliphatic heterocycles. The van der Waals surface area contributed by atoms with E-state index in [1.165, 1.54) is 6.08 Å². The lowest BCUT2D eigenvalue weighted by Gasteiger charge is -2.07. The first kappa shape index (κ1) is 13.4. The van der Waals surface area contributed by atoms with E-state index >= 15 is 0 Å². The fraction of sp³-hybridized carbons (Fsp3) is 0.231. The van der Waals surface area contributed by atoms with E-state index in [0.717, 1.165) is 12.3 Å². The molecule has 0 unspecified atom stereocenters. The highest BCUT2D eigenvalue weighted by molar-refractivity contribution is 5.53. The van der Waals surface area contributed by atoms with Gasteiger partial charge in [-0.15, -0.1) is 0 Å². The molecule has 0 saturated heterocycles. The topological polar surface area (TPSA) is 9.23 Å². The third kappa shape index (κ3) is 4.76. The van der Waals surface area contributed by atoms with Crippen molar-refractivity contribution in [2.45, 2.75) is 13.1 Å². The molecule has 0 aliphatic carbocycles. The molecule has 4 heteroatoms. The molecular formula is C13H13F3O. The maximum absolute atomic E-state index is 12.5. The molecular weight excluding hydrogens is 229 g/mol. The van der Waals surface area contributed by atoms with Crippen molar-refractivity contribution in [3.63, 3.8) is 0 Å². The molecule has 1 aromatic rings. The van der Waals surface area contributed by atoms with Crippen molar-refractivity contribution in [2.24, 2.45) is 0 Å². The van der Waals surface area contributed by atoms with Gasteiger partial charge >= 0.3 is 6.18 Å². The average Bonchev–Trinajstić information content (AvgIpc) is 2.29. The van der Waals surface area contributed by atoms with Crippen molar-refractivity contribution < 1.29 is 17.9 Å². The van der Waals surface area contributed by atoms with Crippen LogP contribution >= 0.6 is 0 Å². The van der Waals surface area contributed by atoms with Gasteiger partial charge in [-0.2, -0.15) is 13.2 Å². The molecule has 1 nitrogen and oxygen atoms in total. The van der Waals surface area contributed by atoms with E-state index in [1.54, 1.807) is 37.3 Å². The molecule has 0 aromatic heterocycles. The maximum atomic E-state index is 12.5. The molecule has 0 N–H and O–H groups in total. The minimum Gasteiger partial charge on any atom is -0.501 e. The van der Waals surface area contributed by atoms with Crippen LogP contribution in [0.3, 0.4) is 0 Å². The van der Waals surface area contributed by atoms with E-state index in [2.05, 4.69) is 4.74 Å². The lowest BCUT2D eigenvalue weighted by atomic mass is 10.1. The van der Waals surface area contributed by atoms with Gasteiger partial charge in [0.05, 0.1) is 18.4 Å². The summed E-state index contributed by atoms with van der Waals surface area (Å²) >= 11 is 0. The normalized spacial score (nSPS) is 13.1. The van der Waals surface area contributed by atoms with Gasteiger partial charge in [-0.25, -0.2) is 0 Å². The van der Waals surface area contributed by atoms with Crippen LogP contribution in [0, 0.1) is 0 Å². The maximum Gasteiger partial charge on any atom is 0.419 e. The Balaban J connectivity index is 2.84. The molecule has 0 heterocycles. The predicted molar refractivity (Wildman–Crippen MR) is 61.2 cm³/mol. The van der Waals surface area contributed by atoms with Gasteiger partial charge in [0.2, 0.25) is 0 Å². The van der Waals surface area contributed by atoms with E-state index in [-0.39, 0.29) is 6.61 Å². The molecule has 0 radical (unpaired) electrons. The molecule has 0 spiro atoms. The number of ether oxygens (including phenoxy) is 1. The monoisotopic (exact) mass is 242 g/mol. The number of rotatable bonds is 4. The van der Waals surface area contributed by atoms with E-state index in [9.17, 15) is 13.2 Å². The highest BCUT2D eigenvalue weighted by Crippen LogP contribution is 2.27. The van der Waals surface area contributed by atoms with E-state index in [4.69, 9.17) is 0 Å². The van der Waals surface area contributed by atoms with Gasteiger partial charge in [0.15, 0.2) is 0 Å². The first-order valence-electron chi connectivity index (χ1n) is 5.16. The van der Waals surface area contributed by atoms with Crippen molar-refractivity contribution in [3.05, 3.63) is 53.8 Å². The van der Waals surface area contributed by atoms with E-state index < -0.39 is 11.7 Å². The summed E-state index contributed by atoms with van der Waals surface area (Å²) in [5.41, 5.74) is -0.0950. The van der Waals surface area contributed by atoms with Gasteiger partial charge in [0.1, 0.15) is 0 Å². The second kappa shape index (κ2) is 6.13. The fourth-order valence-electron chi connectivity index (χ4n) is 1.12. The minimum absolute atomic E-state index is 0.207. The molecule has 0 amide bonds. The second-order valence-corrected chi connectivity index (χ2v) is 3.27. The van der Waals surface area contributed by atoms with Crippen molar-refractivity contribution in [3.8, 4) is 0 Å². The van der Waals surface area contributed by atoms with Crippen LogP contribution in [0.1, 0.15) is 12.5 Å². The Hall–Kier alpha value is -1.71. The Morgan fingerprint density at radius 2 is 1.88 bits per heavy atom. The molecule has 0 fully saturated rings. The average molecular weight is 242 g/mol. The predicted octanol–water partition coefficient (Wildman–Crippen LogP) is 4.18. The summed E-state index contributed by atoms with van der Waals surface area (Å²) < 4.78 is 42.3. The smallest absolute Gasteiger partial charge is 0.419 e. The Kier molecular flexibility index (Phi) is 4.82. The Bertz CT molecular complexity index is 391. The zero-order valence-corrected chi connectivity index (χ0v) is 9.37. The summed E-state index contributed by atoms with van der Waals surface area (Å²) in [6.45, 7) is 1.84. The lowest BCUT2D eigenvalue weighted by Crippen LogP contribution is -2.10. The zero-order valence-electron chi connectivity index (χ0n) is 9.37. The first-order chi connectivity index (χ1) is 8.04. The van der Waals surface area contributed by atoms with Crippen molar-refractivity contribution in [2.75, 3.05) is 6.61 Å². The fourth-order valence-corrected chi connectivity index (χ4v) is 1.12. The summed E-state index contributed by atoms with van der Waals surface area (Å²) in [6.07, 6.45) is -1.26. The van der Waals surface area contributed by atoms with Gasteiger partial charge < -0.3 is 4.74 Å². The molecule has 0 aliphatic rings. The van der Waals surface area contributed by atoms with Gasteiger partial charge in [0.25, 0.3) is 0 Å². The Morgan fingerprint density at radius 3 is 2.41 bits per heavy atom. The number of allylic oxidation sites excluding steroid dienone is 2. The summed E-state index contributed by atoms with van der Waals surface area (Å²) in [4.78, 5) is 0. The summed E-state index contributed by atoms with van der Waals surface area (Å²) in [5, 5.41) is 0. The number of alkyl halides is 3. The Morgan fingerprint density at radius 1 is 1.24 bits per heavy atom. The standard InChI is InChI=1S/C13H13F3O/c1-2-17-10-12(13(14,15)16)9-8-11-6-4-3-5-7-11/h3-10H,2H2,1H3/b9-8+,12-10+. The third-order valence-electron chi connectivity index (χ3n) is 1.96. The van der Waals surface area contributed by atoms with Crippen molar-refractivity contribution >= 4 is 6.08 Å². The highest BCUT2D eigenvalue weighted by Gasteiger charge is 2.32. The quantitative estimate of drug-likeness (QED) is 0.568. The number of halogens is 3. The van der Waals surface area contributed by atoms with Gasteiger partial charge in [0, 0.05) is 0 Å². The second-order valence-electron chi connectivity index (χ2n) is 3.27. The first-order valence-corrected chi connectivity index (χ1v) is 5.16. The van der Waals surface area contributed by atoms with Crippen LogP contribution in [0.25, 0.3) is 6.08 Å². The molecule has 0 atom stereocenters. The number of hydrogen-bond donors (Lipinski definition) is 0. The van der Waals surface area contributed by atoms with Crippen LogP contribution in [0.2, 0.25) is 0 Å². The SMILES string of the molecule is CCO/C=C(\C=C\c1ccccc1)C(F)(F)F. The van der Waals surface area contributed by atoms with Crippen molar-refractivity contribution in [1.29, 1.82) is 0 Å². The largest absolute Gasteiger partial charge is 0.501 e.